The van der Waals surface area contributed by atoms with Crippen molar-refractivity contribution in [1.29, 1.82) is 0 Å². The number of benzene rings is 1. The normalized spacial score (nSPS) is 19.3. The molecular formula is C23H26FN5O2. The molecule has 2 fully saturated rings. The van der Waals surface area contributed by atoms with E-state index in [4.69, 9.17) is 4.74 Å². The lowest BCUT2D eigenvalue weighted by Gasteiger charge is -2.42. The summed E-state index contributed by atoms with van der Waals surface area (Å²) >= 11 is 0. The van der Waals surface area contributed by atoms with Gasteiger partial charge in [-0.3, -0.25) is 9.69 Å². The van der Waals surface area contributed by atoms with Gasteiger partial charge in [0.15, 0.2) is 5.67 Å². The molecule has 0 aliphatic carbocycles. The molecule has 1 N–H and O–H groups in total. The molecule has 162 valence electrons. The molecule has 1 aromatic carbocycles. The second-order valence-electron chi connectivity index (χ2n) is 8.53. The van der Waals surface area contributed by atoms with Crippen LogP contribution in [0.1, 0.15) is 18.7 Å². The van der Waals surface area contributed by atoms with Gasteiger partial charge in [0.05, 0.1) is 31.1 Å². The number of rotatable bonds is 4. The molecule has 4 heterocycles. The molecule has 0 atom stereocenters. The van der Waals surface area contributed by atoms with Gasteiger partial charge in [0, 0.05) is 50.1 Å². The summed E-state index contributed by atoms with van der Waals surface area (Å²) in [6.45, 7) is 4.49. The molecular weight excluding hydrogens is 397 g/mol. The highest BCUT2D eigenvalue weighted by Gasteiger charge is 2.43. The zero-order chi connectivity index (χ0) is 21.6. The first-order chi connectivity index (χ1) is 14.9. The lowest BCUT2D eigenvalue weighted by atomic mass is 9.91. The van der Waals surface area contributed by atoms with Crippen LogP contribution in [0.5, 0.6) is 0 Å². The lowest BCUT2D eigenvalue weighted by Crippen LogP contribution is -2.56. The van der Waals surface area contributed by atoms with Crippen LogP contribution in [0.3, 0.4) is 0 Å². The number of carbonyl (C=O) groups excluding carboxylic acids is 1. The van der Waals surface area contributed by atoms with Gasteiger partial charge in [0.1, 0.15) is 11.6 Å². The molecule has 3 aromatic rings. The predicted molar refractivity (Wildman–Crippen MR) is 117 cm³/mol. The van der Waals surface area contributed by atoms with Gasteiger partial charge >= 0.3 is 0 Å². The molecule has 31 heavy (non-hydrogen) atoms. The Morgan fingerprint density at radius 1 is 1.16 bits per heavy atom. The third-order valence-electron chi connectivity index (χ3n) is 6.61. The minimum atomic E-state index is -1.87. The molecule has 2 aromatic heterocycles. The largest absolute Gasteiger partial charge is 0.378 e. The first-order valence-electron chi connectivity index (χ1n) is 10.6. The average Bonchev–Trinajstić information content (AvgIpc) is 3.06. The molecule has 0 bridgehead atoms. The van der Waals surface area contributed by atoms with Crippen LogP contribution in [0.15, 0.2) is 36.7 Å². The number of piperidine rings is 1. The number of fused-ring (bicyclic) bond motifs is 1. The number of nitrogens with zero attached hydrogens (tertiary/aromatic N) is 4. The van der Waals surface area contributed by atoms with E-state index in [1.807, 2.05) is 42.9 Å². The van der Waals surface area contributed by atoms with Gasteiger partial charge in [-0.25, -0.2) is 14.4 Å². The van der Waals surface area contributed by atoms with Crippen molar-refractivity contribution in [1.82, 2.24) is 19.4 Å². The third kappa shape index (κ3) is 3.70. The van der Waals surface area contributed by atoms with Crippen LogP contribution in [0.25, 0.3) is 22.0 Å². The van der Waals surface area contributed by atoms with E-state index in [-0.39, 0.29) is 12.8 Å². The number of amides is 1. The summed E-state index contributed by atoms with van der Waals surface area (Å²) in [6.07, 6.45) is 3.92. The predicted octanol–water partition coefficient (Wildman–Crippen LogP) is 3.09. The van der Waals surface area contributed by atoms with Gasteiger partial charge in [-0.05, 0) is 24.4 Å². The molecule has 2 aliphatic rings. The maximum Gasteiger partial charge on any atom is 0.263 e. The summed E-state index contributed by atoms with van der Waals surface area (Å²) in [4.78, 5) is 23.6. The summed E-state index contributed by atoms with van der Waals surface area (Å²) in [5, 5.41) is 4.58. The maximum atomic E-state index is 15.3. The van der Waals surface area contributed by atoms with Crippen LogP contribution in [0.2, 0.25) is 0 Å². The van der Waals surface area contributed by atoms with E-state index in [1.54, 1.807) is 12.3 Å². The Labute approximate surface area is 180 Å². The number of alkyl halides is 1. The zero-order valence-corrected chi connectivity index (χ0v) is 17.8. The number of hydrogen-bond acceptors (Lipinski definition) is 5. The van der Waals surface area contributed by atoms with Crippen molar-refractivity contribution in [3.05, 3.63) is 42.5 Å². The van der Waals surface area contributed by atoms with E-state index < -0.39 is 11.6 Å². The highest BCUT2D eigenvalue weighted by atomic mass is 19.1. The minimum absolute atomic E-state index is 0.187. The first-order valence-corrected chi connectivity index (χ1v) is 10.6. The van der Waals surface area contributed by atoms with Crippen LogP contribution in [0.4, 0.5) is 10.2 Å². The van der Waals surface area contributed by atoms with Gasteiger partial charge in [-0.2, -0.15) is 0 Å². The van der Waals surface area contributed by atoms with Crippen molar-refractivity contribution in [2.45, 2.75) is 31.5 Å². The van der Waals surface area contributed by atoms with E-state index >= 15 is 4.39 Å². The summed E-state index contributed by atoms with van der Waals surface area (Å²) < 4.78 is 22.6. The Kier molecular flexibility index (Phi) is 4.98. The van der Waals surface area contributed by atoms with Gasteiger partial charge in [0.2, 0.25) is 0 Å². The van der Waals surface area contributed by atoms with Crippen LogP contribution < -0.4 is 5.32 Å². The van der Waals surface area contributed by atoms with Gasteiger partial charge < -0.3 is 14.6 Å². The third-order valence-corrected chi connectivity index (χ3v) is 6.61. The quantitative estimate of drug-likeness (QED) is 0.698. The number of imidazole rings is 1. The SMILES string of the molecule is Cc1ncc(-c2ccc3cnc(NC(=O)C4(F)CCN(C5COC5)CC4)cc3c2)n1C. The lowest BCUT2D eigenvalue weighted by molar-refractivity contribution is -0.134. The summed E-state index contributed by atoms with van der Waals surface area (Å²) in [6, 6.07) is 8.21. The Balaban J connectivity index is 1.33. The number of anilines is 1. The number of likely N-dealkylation sites (tertiary alicyclic amines) is 1. The molecule has 2 saturated heterocycles. The fourth-order valence-corrected chi connectivity index (χ4v) is 4.27. The van der Waals surface area contributed by atoms with Gasteiger partial charge in [-0.15, -0.1) is 0 Å². The van der Waals surface area contributed by atoms with Crippen LogP contribution >= 0.6 is 0 Å². The highest BCUT2D eigenvalue weighted by Crippen LogP contribution is 2.31. The fraction of sp³-hybridized carbons (Fsp3) is 0.435. The second kappa shape index (κ2) is 7.69. The number of nitrogens with one attached hydrogen (secondary N) is 1. The van der Waals surface area contributed by atoms with E-state index in [1.165, 1.54) is 0 Å². The van der Waals surface area contributed by atoms with Crippen molar-refractivity contribution in [2.75, 3.05) is 31.6 Å². The average molecular weight is 423 g/mol. The standard InChI is InChI=1S/C23H26FN5O2/c1-15-25-12-20(28(15)2)16-3-4-17-11-26-21(10-18(17)9-16)27-22(30)23(24)5-7-29(8-6-23)19-13-31-14-19/h3-4,9-12,19H,5-8,13-14H2,1-2H3,(H,26,27,30). The Morgan fingerprint density at radius 3 is 2.58 bits per heavy atom. The Morgan fingerprint density at radius 2 is 1.94 bits per heavy atom. The van der Waals surface area contributed by atoms with Crippen LogP contribution in [0, 0.1) is 6.92 Å². The Hall–Kier alpha value is -2.84. The fourth-order valence-electron chi connectivity index (χ4n) is 4.27. The molecule has 0 spiro atoms. The number of carbonyl (C=O) groups is 1. The van der Waals surface area contributed by atoms with Crippen molar-refractivity contribution in [3.8, 4) is 11.3 Å². The Bertz CT molecular complexity index is 1130. The summed E-state index contributed by atoms with van der Waals surface area (Å²) in [5.41, 5.74) is 0.160. The zero-order valence-electron chi connectivity index (χ0n) is 17.8. The molecule has 0 unspecified atom stereocenters. The molecule has 8 heteroatoms. The van der Waals surface area contributed by atoms with Gasteiger partial charge in [0.25, 0.3) is 5.91 Å². The number of pyridine rings is 1. The molecule has 5 rings (SSSR count). The summed E-state index contributed by atoms with van der Waals surface area (Å²) in [5.74, 6) is 0.687. The summed E-state index contributed by atoms with van der Waals surface area (Å²) in [7, 11) is 1.98. The molecule has 1 amide bonds. The second-order valence-corrected chi connectivity index (χ2v) is 8.53. The van der Waals surface area contributed by atoms with E-state index in [0.717, 1.165) is 27.9 Å². The van der Waals surface area contributed by atoms with E-state index in [0.29, 0.717) is 38.2 Å². The minimum Gasteiger partial charge on any atom is -0.378 e. The van der Waals surface area contributed by atoms with Crippen molar-refractivity contribution < 1.29 is 13.9 Å². The number of ether oxygens (including phenoxy) is 1. The molecule has 7 nitrogen and oxygen atoms in total. The van der Waals surface area contributed by atoms with E-state index in [9.17, 15) is 4.79 Å². The molecule has 0 saturated carbocycles. The van der Waals surface area contributed by atoms with Crippen LogP contribution in [-0.2, 0) is 16.6 Å². The number of halogens is 1. The van der Waals surface area contributed by atoms with Crippen molar-refractivity contribution in [2.24, 2.45) is 7.05 Å². The first kappa shape index (κ1) is 20.1. The smallest absolute Gasteiger partial charge is 0.263 e. The van der Waals surface area contributed by atoms with Crippen molar-refractivity contribution >= 4 is 22.5 Å². The number of aromatic nitrogens is 3. The number of hydrogen-bond donors (Lipinski definition) is 1. The van der Waals surface area contributed by atoms with Crippen molar-refractivity contribution in [3.63, 3.8) is 0 Å². The highest BCUT2D eigenvalue weighted by molar-refractivity contribution is 5.98. The maximum absolute atomic E-state index is 15.3. The van der Waals surface area contributed by atoms with Gasteiger partial charge in [-0.1, -0.05) is 12.1 Å². The molecule has 2 aliphatic heterocycles. The van der Waals surface area contributed by atoms with Crippen LogP contribution in [-0.4, -0.2) is 63.4 Å². The van der Waals surface area contributed by atoms with E-state index in [2.05, 4.69) is 20.2 Å². The monoisotopic (exact) mass is 423 g/mol. The number of aryl methyl sites for hydroxylation is 1. The topological polar surface area (TPSA) is 72.3 Å². The molecule has 0 radical (unpaired) electrons.